The molecular formula is C19H19N3O2. The van der Waals surface area contributed by atoms with Crippen LogP contribution in [0.4, 0.5) is 0 Å². The summed E-state index contributed by atoms with van der Waals surface area (Å²) in [6.45, 7) is 1.33. The van der Waals surface area contributed by atoms with Crippen LogP contribution in [0.1, 0.15) is 35.3 Å². The Kier molecular flexibility index (Phi) is 3.76. The fourth-order valence-corrected chi connectivity index (χ4v) is 3.45. The lowest BCUT2D eigenvalue weighted by atomic mass is 9.87. The van der Waals surface area contributed by atoms with E-state index in [1.165, 1.54) is 0 Å². The van der Waals surface area contributed by atoms with Crippen LogP contribution in [0.2, 0.25) is 0 Å². The van der Waals surface area contributed by atoms with Crippen molar-refractivity contribution in [3.8, 4) is 0 Å². The summed E-state index contributed by atoms with van der Waals surface area (Å²) in [6, 6.07) is 15.2. The SMILES string of the molecule is O=C(c1ccccc1)N1CCCC2(CC(c3ccccn3)=NO2)C1. The predicted octanol–water partition coefficient (Wildman–Crippen LogP) is 2.88. The molecule has 4 rings (SSSR count). The van der Waals surface area contributed by atoms with Gasteiger partial charge in [0.05, 0.1) is 12.2 Å². The topological polar surface area (TPSA) is 54.8 Å². The molecule has 0 N–H and O–H groups in total. The van der Waals surface area contributed by atoms with E-state index in [0.717, 1.165) is 36.4 Å². The lowest BCUT2D eigenvalue weighted by Gasteiger charge is -2.38. The molecule has 5 nitrogen and oxygen atoms in total. The third-order valence-electron chi connectivity index (χ3n) is 4.65. The van der Waals surface area contributed by atoms with E-state index in [4.69, 9.17) is 4.84 Å². The van der Waals surface area contributed by atoms with Crippen LogP contribution in [0, 0.1) is 0 Å². The molecule has 0 aliphatic carbocycles. The first-order chi connectivity index (χ1) is 11.8. The number of carbonyl (C=O) groups excluding carboxylic acids is 1. The highest BCUT2D eigenvalue weighted by Gasteiger charge is 2.44. The zero-order valence-electron chi connectivity index (χ0n) is 13.4. The van der Waals surface area contributed by atoms with Crippen LogP contribution in [-0.4, -0.2) is 40.2 Å². The third-order valence-corrected chi connectivity index (χ3v) is 4.65. The molecule has 1 unspecified atom stereocenters. The van der Waals surface area contributed by atoms with Crippen molar-refractivity contribution >= 4 is 11.6 Å². The lowest BCUT2D eigenvalue weighted by molar-refractivity contribution is -0.0618. The van der Waals surface area contributed by atoms with E-state index in [1.54, 1.807) is 6.20 Å². The minimum atomic E-state index is -0.407. The molecule has 1 spiro atoms. The number of hydrogen-bond donors (Lipinski definition) is 0. The number of hydrogen-bond acceptors (Lipinski definition) is 4. The molecule has 3 heterocycles. The summed E-state index contributed by atoms with van der Waals surface area (Å²) < 4.78 is 0. The van der Waals surface area contributed by atoms with Gasteiger partial charge < -0.3 is 9.74 Å². The van der Waals surface area contributed by atoms with E-state index >= 15 is 0 Å². The third kappa shape index (κ3) is 2.77. The van der Waals surface area contributed by atoms with Gasteiger partial charge in [-0.3, -0.25) is 9.78 Å². The van der Waals surface area contributed by atoms with Gasteiger partial charge in [0.25, 0.3) is 5.91 Å². The summed E-state index contributed by atoms with van der Waals surface area (Å²) in [5.41, 5.74) is 2.03. The average Bonchev–Trinajstić information content (AvgIpc) is 3.06. The maximum Gasteiger partial charge on any atom is 0.253 e. The highest BCUT2D eigenvalue weighted by Crippen LogP contribution is 2.35. The molecule has 24 heavy (non-hydrogen) atoms. The van der Waals surface area contributed by atoms with Gasteiger partial charge in [-0.25, -0.2) is 0 Å². The number of rotatable bonds is 2. The quantitative estimate of drug-likeness (QED) is 0.854. The first kappa shape index (κ1) is 14.9. The maximum atomic E-state index is 12.7. The van der Waals surface area contributed by atoms with Crippen molar-refractivity contribution in [2.45, 2.75) is 24.9 Å². The van der Waals surface area contributed by atoms with Gasteiger partial charge in [0.15, 0.2) is 5.60 Å². The van der Waals surface area contributed by atoms with Gasteiger partial charge in [0, 0.05) is 24.7 Å². The number of pyridine rings is 1. The number of carbonyl (C=O) groups is 1. The van der Waals surface area contributed by atoms with Crippen molar-refractivity contribution in [2.24, 2.45) is 5.16 Å². The molecule has 1 aromatic heterocycles. The highest BCUT2D eigenvalue weighted by atomic mass is 16.7. The Balaban J connectivity index is 1.49. The number of aromatic nitrogens is 1. The molecule has 1 fully saturated rings. The predicted molar refractivity (Wildman–Crippen MR) is 90.8 cm³/mol. The number of oxime groups is 1. The van der Waals surface area contributed by atoms with Crippen LogP contribution in [0.5, 0.6) is 0 Å². The van der Waals surface area contributed by atoms with Crippen molar-refractivity contribution in [1.29, 1.82) is 0 Å². The van der Waals surface area contributed by atoms with Crippen LogP contribution in [0.25, 0.3) is 0 Å². The first-order valence-corrected chi connectivity index (χ1v) is 8.27. The Bertz CT molecular complexity index is 761. The number of likely N-dealkylation sites (tertiary alicyclic amines) is 1. The summed E-state index contributed by atoms with van der Waals surface area (Å²) in [5, 5.41) is 4.27. The molecular weight excluding hydrogens is 302 g/mol. The van der Waals surface area contributed by atoms with Gasteiger partial charge in [-0.2, -0.15) is 0 Å². The van der Waals surface area contributed by atoms with Gasteiger partial charge in [-0.15, -0.1) is 0 Å². The van der Waals surface area contributed by atoms with E-state index in [0.29, 0.717) is 13.0 Å². The van der Waals surface area contributed by atoms with Crippen LogP contribution < -0.4 is 0 Å². The monoisotopic (exact) mass is 321 g/mol. The van der Waals surface area contributed by atoms with Gasteiger partial charge >= 0.3 is 0 Å². The van der Waals surface area contributed by atoms with Crippen LogP contribution in [0.15, 0.2) is 59.9 Å². The molecule has 0 saturated carbocycles. The molecule has 122 valence electrons. The van der Waals surface area contributed by atoms with Gasteiger partial charge in [0.2, 0.25) is 0 Å². The minimum absolute atomic E-state index is 0.0598. The number of piperidine rings is 1. The number of nitrogens with zero attached hydrogens (tertiary/aromatic N) is 3. The fraction of sp³-hybridized carbons (Fsp3) is 0.316. The summed E-state index contributed by atoms with van der Waals surface area (Å²) in [4.78, 5) is 24.8. The second-order valence-corrected chi connectivity index (χ2v) is 6.40. The van der Waals surface area contributed by atoms with Crippen molar-refractivity contribution < 1.29 is 9.63 Å². The molecule has 1 amide bonds. The van der Waals surface area contributed by atoms with E-state index in [9.17, 15) is 4.79 Å². The van der Waals surface area contributed by atoms with Crippen molar-refractivity contribution in [3.63, 3.8) is 0 Å². The Morgan fingerprint density at radius 2 is 1.96 bits per heavy atom. The second-order valence-electron chi connectivity index (χ2n) is 6.40. The van der Waals surface area contributed by atoms with Gasteiger partial charge in [-0.1, -0.05) is 29.4 Å². The second kappa shape index (κ2) is 6.07. The van der Waals surface area contributed by atoms with Gasteiger partial charge in [0.1, 0.15) is 5.71 Å². The maximum absolute atomic E-state index is 12.7. The van der Waals surface area contributed by atoms with Crippen LogP contribution >= 0.6 is 0 Å². The van der Waals surface area contributed by atoms with E-state index in [2.05, 4.69) is 10.1 Å². The number of benzene rings is 1. The molecule has 1 atom stereocenters. The van der Waals surface area contributed by atoms with Crippen LogP contribution in [-0.2, 0) is 4.84 Å². The lowest BCUT2D eigenvalue weighted by Crippen LogP contribution is -2.50. The first-order valence-electron chi connectivity index (χ1n) is 8.27. The Morgan fingerprint density at radius 3 is 2.75 bits per heavy atom. The molecule has 2 aromatic rings. The van der Waals surface area contributed by atoms with E-state index < -0.39 is 5.60 Å². The summed E-state index contributed by atoms with van der Waals surface area (Å²) in [6.07, 6.45) is 4.28. The normalized spacial score (nSPS) is 23.0. The summed E-state index contributed by atoms with van der Waals surface area (Å²) >= 11 is 0. The van der Waals surface area contributed by atoms with E-state index in [-0.39, 0.29) is 5.91 Å². The largest absolute Gasteiger partial charge is 0.387 e. The summed E-state index contributed by atoms with van der Waals surface area (Å²) in [5.74, 6) is 0.0598. The molecule has 1 aromatic carbocycles. The van der Waals surface area contributed by atoms with Crippen LogP contribution in [0.3, 0.4) is 0 Å². The Morgan fingerprint density at radius 1 is 1.12 bits per heavy atom. The molecule has 5 heteroatoms. The zero-order chi connectivity index (χ0) is 16.4. The smallest absolute Gasteiger partial charge is 0.253 e. The Labute approximate surface area is 141 Å². The Hall–Kier alpha value is -2.69. The fourth-order valence-electron chi connectivity index (χ4n) is 3.45. The average molecular weight is 321 g/mol. The van der Waals surface area contributed by atoms with Crippen molar-refractivity contribution in [3.05, 3.63) is 66.0 Å². The molecule has 2 aliphatic heterocycles. The zero-order valence-corrected chi connectivity index (χ0v) is 13.4. The number of amides is 1. The summed E-state index contributed by atoms with van der Waals surface area (Å²) in [7, 11) is 0. The molecule has 1 saturated heterocycles. The van der Waals surface area contributed by atoms with Gasteiger partial charge in [-0.05, 0) is 37.1 Å². The van der Waals surface area contributed by atoms with Crippen molar-refractivity contribution in [2.75, 3.05) is 13.1 Å². The van der Waals surface area contributed by atoms with E-state index in [1.807, 2.05) is 53.4 Å². The molecule has 2 aliphatic rings. The molecule has 0 radical (unpaired) electrons. The molecule has 0 bridgehead atoms. The standard InChI is InChI=1S/C19H19N3O2/c23-18(15-7-2-1-3-8-15)22-12-6-10-19(14-22)13-17(21-24-19)16-9-4-5-11-20-16/h1-5,7-9,11H,6,10,12-14H2. The van der Waals surface area contributed by atoms with Crippen molar-refractivity contribution in [1.82, 2.24) is 9.88 Å². The minimum Gasteiger partial charge on any atom is -0.387 e. The highest BCUT2D eigenvalue weighted by molar-refractivity contribution is 6.00.